The van der Waals surface area contributed by atoms with E-state index in [4.69, 9.17) is 0 Å². The Morgan fingerprint density at radius 1 is 1.50 bits per heavy atom. The van der Waals surface area contributed by atoms with Crippen molar-refractivity contribution in [3.05, 3.63) is 35.5 Å². The van der Waals surface area contributed by atoms with E-state index >= 15 is 0 Å². The topological polar surface area (TPSA) is 12.0 Å². The fourth-order valence-electron chi connectivity index (χ4n) is 1.45. The minimum atomic E-state index is 1.02. The second kappa shape index (κ2) is 4.94. The zero-order valence-corrected chi connectivity index (χ0v) is 7.93. The first-order chi connectivity index (χ1) is 5.88. The first kappa shape index (κ1) is 9.27. The van der Waals surface area contributed by atoms with Gasteiger partial charge in [0, 0.05) is 6.54 Å². The fraction of sp³-hybridized carbons (Fsp3) is 0.455. The van der Waals surface area contributed by atoms with Gasteiger partial charge in [-0.1, -0.05) is 24.3 Å². The van der Waals surface area contributed by atoms with E-state index in [0.29, 0.717) is 0 Å². The third-order valence-electron chi connectivity index (χ3n) is 2.09. The number of hydrogen-bond donors (Lipinski definition) is 1. The van der Waals surface area contributed by atoms with Crippen molar-refractivity contribution in [2.75, 3.05) is 13.1 Å². The van der Waals surface area contributed by atoms with Crippen molar-refractivity contribution in [1.82, 2.24) is 5.32 Å². The Balaban J connectivity index is 2.71. The molecule has 0 amide bonds. The maximum Gasteiger partial charge on any atom is 0.0140 e. The Hall–Kier alpha value is -0.820. The van der Waals surface area contributed by atoms with Crippen LogP contribution in [-0.2, 0) is 0 Å². The minimum absolute atomic E-state index is 1.02. The number of rotatable bonds is 2. The Morgan fingerprint density at radius 2 is 2.33 bits per heavy atom. The highest BCUT2D eigenvalue weighted by Crippen LogP contribution is 2.16. The maximum atomic E-state index is 3.31. The highest BCUT2D eigenvalue weighted by Gasteiger charge is 2.04. The molecule has 0 atom stereocenters. The minimum Gasteiger partial charge on any atom is -0.313 e. The fourth-order valence-corrected chi connectivity index (χ4v) is 1.45. The van der Waals surface area contributed by atoms with Crippen LogP contribution in [0.3, 0.4) is 0 Å². The van der Waals surface area contributed by atoms with Crippen LogP contribution in [-0.4, -0.2) is 13.1 Å². The van der Waals surface area contributed by atoms with Crippen LogP contribution < -0.4 is 5.32 Å². The molecule has 0 aliphatic carbocycles. The maximum absolute atomic E-state index is 3.31. The summed E-state index contributed by atoms with van der Waals surface area (Å²) in [6.45, 7) is 6.29. The second-order valence-corrected chi connectivity index (χ2v) is 2.93. The van der Waals surface area contributed by atoms with Gasteiger partial charge < -0.3 is 5.32 Å². The zero-order valence-electron chi connectivity index (χ0n) is 7.93. The molecule has 0 spiro atoms. The molecule has 0 aromatic heterocycles. The summed E-state index contributed by atoms with van der Waals surface area (Å²) < 4.78 is 0. The highest BCUT2D eigenvalue weighted by molar-refractivity contribution is 5.40. The van der Waals surface area contributed by atoms with Gasteiger partial charge >= 0.3 is 0 Å². The van der Waals surface area contributed by atoms with Crippen molar-refractivity contribution in [2.45, 2.75) is 20.3 Å². The van der Waals surface area contributed by atoms with E-state index in [1.807, 2.05) is 0 Å². The molecule has 0 aromatic carbocycles. The smallest absolute Gasteiger partial charge is 0.0140 e. The van der Waals surface area contributed by atoms with Crippen LogP contribution in [0.5, 0.6) is 0 Å². The van der Waals surface area contributed by atoms with E-state index < -0.39 is 0 Å². The summed E-state index contributed by atoms with van der Waals surface area (Å²) >= 11 is 0. The average Bonchev–Trinajstić information content (AvgIpc) is 2.15. The Morgan fingerprint density at radius 3 is 2.83 bits per heavy atom. The molecule has 0 radical (unpaired) electrons. The number of nitrogens with one attached hydrogen (secondary N) is 1. The van der Waals surface area contributed by atoms with Crippen LogP contribution in [0.15, 0.2) is 35.5 Å². The second-order valence-electron chi connectivity index (χ2n) is 2.93. The van der Waals surface area contributed by atoms with Crippen molar-refractivity contribution in [3.63, 3.8) is 0 Å². The predicted octanol–water partition coefficient (Wildman–Crippen LogP) is 2.43. The molecular formula is C11H17N. The lowest BCUT2D eigenvalue weighted by molar-refractivity contribution is 0.709. The number of allylic oxidation sites excluding steroid dienone is 4. The molecule has 1 N–H and O–H groups in total. The van der Waals surface area contributed by atoms with E-state index in [9.17, 15) is 0 Å². The largest absolute Gasteiger partial charge is 0.313 e. The first-order valence-corrected chi connectivity index (χ1v) is 4.57. The molecule has 0 saturated carbocycles. The van der Waals surface area contributed by atoms with Crippen LogP contribution in [0, 0.1) is 0 Å². The van der Waals surface area contributed by atoms with Gasteiger partial charge in [-0.25, -0.2) is 0 Å². The monoisotopic (exact) mass is 163 g/mol. The van der Waals surface area contributed by atoms with Crippen LogP contribution in [0.2, 0.25) is 0 Å². The van der Waals surface area contributed by atoms with Gasteiger partial charge in [0.1, 0.15) is 0 Å². The highest BCUT2D eigenvalue weighted by atomic mass is 14.8. The molecule has 0 bridgehead atoms. The van der Waals surface area contributed by atoms with Crippen molar-refractivity contribution in [1.29, 1.82) is 0 Å². The van der Waals surface area contributed by atoms with Gasteiger partial charge in [0.2, 0.25) is 0 Å². The van der Waals surface area contributed by atoms with Gasteiger partial charge in [0.05, 0.1) is 0 Å². The summed E-state index contributed by atoms with van der Waals surface area (Å²) in [5.74, 6) is 0. The van der Waals surface area contributed by atoms with Gasteiger partial charge in [-0.15, -0.1) is 0 Å². The van der Waals surface area contributed by atoms with Crippen LogP contribution in [0.1, 0.15) is 20.3 Å². The zero-order chi connectivity index (χ0) is 8.81. The SMILES string of the molecule is CC=CC(=CC)C1=CCNCC1. The molecule has 1 rings (SSSR count). The molecule has 1 heteroatoms. The van der Waals surface area contributed by atoms with Crippen molar-refractivity contribution >= 4 is 0 Å². The molecule has 1 nitrogen and oxygen atoms in total. The van der Waals surface area contributed by atoms with E-state index in [1.165, 1.54) is 11.1 Å². The molecule has 1 aliphatic heterocycles. The molecular weight excluding hydrogens is 146 g/mol. The molecule has 66 valence electrons. The van der Waals surface area contributed by atoms with Gasteiger partial charge in [-0.3, -0.25) is 0 Å². The summed E-state index contributed by atoms with van der Waals surface area (Å²) in [6.07, 6.45) is 9.88. The standard InChI is InChI=1S/C11H17N/c1-3-5-10(4-2)11-6-8-12-9-7-11/h3-6,12H,7-9H2,1-2H3. The van der Waals surface area contributed by atoms with E-state index in [-0.39, 0.29) is 0 Å². The Bertz CT molecular complexity index is 221. The third kappa shape index (κ3) is 2.35. The molecule has 1 aliphatic rings. The lowest BCUT2D eigenvalue weighted by atomic mass is 10.00. The summed E-state index contributed by atoms with van der Waals surface area (Å²) in [4.78, 5) is 0. The Kier molecular flexibility index (Phi) is 3.81. The summed E-state index contributed by atoms with van der Waals surface area (Å²) in [5.41, 5.74) is 2.85. The molecule has 0 aromatic rings. The average molecular weight is 163 g/mol. The first-order valence-electron chi connectivity index (χ1n) is 4.57. The van der Waals surface area contributed by atoms with E-state index in [0.717, 1.165) is 19.5 Å². The van der Waals surface area contributed by atoms with Gasteiger partial charge in [0.15, 0.2) is 0 Å². The van der Waals surface area contributed by atoms with E-state index in [2.05, 4.69) is 43.5 Å². The van der Waals surface area contributed by atoms with Crippen molar-refractivity contribution in [3.8, 4) is 0 Å². The van der Waals surface area contributed by atoms with Crippen molar-refractivity contribution < 1.29 is 0 Å². The number of hydrogen-bond acceptors (Lipinski definition) is 1. The summed E-state index contributed by atoms with van der Waals surface area (Å²) in [5, 5.41) is 3.31. The van der Waals surface area contributed by atoms with E-state index in [1.54, 1.807) is 0 Å². The van der Waals surface area contributed by atoms with Crippen LogP contribution in [0.25, 0.3) is 0 Å². The normalized spacial score (nSPS) is 19.8. The van der Waals surface area contributed by atoms with Crippen LogP contribution in [0.4, 0.5) is 0 Å². The molecule has 12 heavy (non-hydrogen) atoms. The lowest BCUT2D eigenvalue weighted by Crippen LogP contribution is -2.20. The van der Waals surface area contributed by atoms with Gasteiger partial charge in [-0.2, -0.15) is 0 Å². The van der Waals surface area contributed by atoms with Gasteiger partial charge in [0.25, 0.3) is 0 Å². The lowest BCUT2D eigenvalue weighted by Gasteiger charge is -2.14. The van der Waals surface area contributed by atoms with Crippen molar-refractivity contribution in [2.24, 2.45) is 0 Å². The summed E-state index contributed by atoms with van der Waals surface area (Å²) in [7, 11) is 0. The third-order valence-corrected chi connectivity index (χ3v) is 2.09. The molecule has 0 unspecified atom stereocenters. The molecule has 0 fully saturated rings. The quantitative estimate of drug-likeness (QED) is 0.616. The Labute approximate surface area is 74.9 Å². The molecule has 0 saturated heterocycles. The van der Waals surface area contributed by atoms with Crippen LogP contribution >= 0.6 is 0 Å². The summed E-state index contributed by atoms with van der Waals surface area (Å²) in [6, 6.07) is 0. The predicted molar refractivity (Wildman–Crippen MR) is 54.1 cm³/mol. The molecule has 1 heterocycles. The van der Waals surface area contributed by atoms with Gasteiger partial charge in [-0.05, 0) is 38.0 Å².